The molecule has 138 valence electrons. The number of fused-ring (bicyclic) bond motifs is 1. The van der Waals surface area contributed by atoms with E-state index in [1.165, 1.54) is 23.3 Å². The molecule has 4 rings (SSSR count). The summed E-state index contributed by atoms with van der Waals surface area (Å²) in [5.74, 6) is -0.295. The second-order valence-electron chi connectivity index (χ2n) is 6.74. The van der Waals surface area contributed by atoms with Gasteiger partial charge in [-0.1, -0.05) is 18.2 Å². The molecule has 2 aromatic heterocycles. The SMILES string of the molecule is Cn1cc(C2=CCN(C(=O)NCc3cccc(F)c3)CC2)c2cccnc21. The average Bonchev–Trinajstić information content (AvgIpc) is 3.03. The van der Waals surface area contributed by atoms with Crippen LogP contribution >= 0.6 is 0 Å². The van der Waals surface area contributed by atoms with E-state index in [1.807, 2.05) is 17.7 Å². The van der Waals surface area contributed by atoms with Gasteiger partial charge in [0.25, 0.3) is 0 Å². The van der Waals surface area contributed by atoms with E-state index >= 15 is 0 Å². The van der Waals surface area contributed by atoms with Gasteiger partial charge in [-0.3, -0.25) is 0 Å². The van der Waals surface area contributed by atoms with Crippen molar-refractivity contribution in [2.45, 2.75) is 13.0 Å². The summed E-state index contributed by atoms with van der Waals surface area (Å²) in [4.78, 5) is 18.6. The van der Waals surface area contributed by atoms with Crippen molar-refractivity contribution in [2.75, 3.05) is 13.1 Å². The van der Waals surface area contributed by atoms with Gasteiger partial charge in [0.15, 0.2) is 0 Å². The minimum atomic E-state index is -0.295. The second-order valence-corrected chi connectivity index (χ2v) is 6.74. The maximum absolute atomic E-state index is 13.2. The molecule has 0 saturated carbocycles. The molecule has 1 aliphatic heterocycles. The molecule has 0 fully saturated rings. The first-order valence-corrected chi connectivity index (χ1v) is 8.98. The number of hydrogen-bond donors (Lipinski definition) is 1. The molecule has 6 heteroatoms. The zero-order chi connectivity index (χ0) is 18.8. The Labute approximate surface area is 157 Å². The molecule has 2 amide bonds. The first-order valence-electron chi connectivity index (χ1n) is 8.98. The van der Waals surface area contributed by atoms with Crippen molar-refractivity contribution in [3.05, 3.63) is 71.8 Å². The van der Waals surface area contributed by atoms with E-state index in [-0.39, 0.29) is 11.8 Å². The molecule has 0 radical (unpaired) electrons. The summed E-state index contributed by atoms with van der Waals surface area (Å²) in [7, 11) is 1.99. The van der Waals surface area contributed by atoms with Gasteiger partial charge in [0, 0.05) is 50.0 Å². The summed E-state index contributed by atoms with van der Waals surface area (Å²) in [5, 5.41) is 4.00. The number of carbonyl (C=O) groups is 1. The van der Waals surface area contributed by atoms with Crippen LogP contribution in [0.25, 0.3) is 16.6 Å². The summed E-state index contributed by atoms with van der Waals surface area (Å²) in [6, 6.07) is 10.2. The molecule has 0 unspecified atom stereocenters. The number of nitrogens with one attached hydrogen (secondary N) is 1. The predicted molar refractivity (Wildman–Crippen MR) is 104 cm³/mol. The lowest BCUT2D eigenvalue weighted by molar-refractivity contribution is 0.202. The molecule has 0 saturated heterocycles. The van der Waals surface area contributed by atoms with E-state index in [0.717, 1.165) is 23.0 Å². The second kappa shape index (κ2) is 7.23. The minimum Gasteiger partial charge on any atom is -0.335 e. The van der Waals surface area contributed by atoms with Gasteiger partial charge in [0.05, 0.1) is 0 Å². The fourth-order valence-corrected chi connectivity index (χ4v) is 3.50. The highest BCUT2D eigenvalue weighted by Crippen LogP contribution is 2.29. The summed E-state index contributed by atoms with van der Waals surface area (Å²) in [6.07, 6.45) is 6.80. The topological polar surface area (TPSA) is 50.2 Å². The highest BCUT2D eigenvalue weighted by atomic mass is 19.1. The van der Waals surface area contributed by atoms with Crippen molar-refractivity contribution in [1.82, 2.24) is 19.8 Å². The molecule has 1 aliphatic rings. The number of pyridine rings is 1. The number of aryl methyl sites for hydroxylation is 1. The number of halogens is 1. The van der Waals surface area contributed by atoms with Crippen LogP contribution in [0.15, 0.2) is 54.9 Å². The Morgan fingerprint density at radius 2 is 2.19 bits per heavy atom. The third-order valence-electron chi connectivity index (χ3n) is 4.91. The van der Waals surface area contributed by atoms with Crippen LogP contribution in [0.2, 0.25) is 0 Å². The normalized spacial score (nSPS) is 14.3. The molecule has 0 spiro atoms. The van der Waals surface area contributed by atoms with Crippen LogP contribution in [-0.2, 0) is 13.6 Å². The van der Waals surface area contributed by atoms with E-state index < -0.39 is 0 Å². The van der Waals surface area contributed by atoms with Crippen molar-refractivity contribution >= 4 is 22.6 Å². The van der Waals surface area contributed by atoms with Crippen LogP contribution in [0.5, 0.6) is 0 Å². The standard InChI is InChI=1S/C21H21FN4O/c1-25-14-19(18-6-3-9-23-20(18)25)16-7-10-26(11-8-16)21(27)24-13-15-4-2-5-17(22)12-15/h2-7,9,12,14H,8,10-11,13H2,1H3,(H,24,27). The van der Waals surface area contributed by atoms with Gasteiger partial charge in [-0.25, -0.2) is 14.2 Å². The lowest BCUT2D eigenvalue weighted by atomic mass is 10.00. The third kappa shape index (κ3) is 3.56. The average molecular weight is 364 g/mol. The van der Waals surface area contributed by atoms with E-state index in [9.17, 15) is 9.18 Å². The molecular formula is C21H21FN4O. The van der Waals surface area contributed by atoms with E-state index in [2.05, 4.69) is 28.6 Å². The smallest absolute Gasteiger partial charge is 0.317 e. The maximum Gasteiger partial charge on any atom is 0.317 e. The third-order valence-corrected chi connectivity index (χ3v) is 4.91. The van der Waals surface area contributed by atoms with E-state index in [1.54, 1.807) is 23.2 Å². The van der Waals surface area contributed by atoms with Crippen LogP contribution in [0.1, 0.15) is 17.5 Å². The summed E-state index contributed by atoms with van der Waals surface area (Å²) >= 11 is 0. The Hall–Kier alpha value is -3.15. The Morgan fingerprint density at radius 3 is 2.96 bits per heavy atom. The highest BCUT2D eigenvalue weighted by molar-refractivity contribution is 5.91. The largest absolute Gasteiger partial charge is 0.335 e. The van der Waals surface area contributed by atoms with Crippen molar-refractivity contribution < 1.29 is 9.18 Å². The van der Waals surface area contributed by atoms with Crippen LogP contribution in [0.4, 0.5) is 9.18 Å². The van der Waals surface area contributed by atoms with Gasteiger partial charge in [0.1, 0.15) is 11.5 Å². The van der Waals surface area contributed by atoms with Gasteiger partial charge in [-0.2, -0.15) is 0 Å². The zero-order valence-corrected chi connectivity index (χ0v) is 15.2. The van der Waals surface area contributed by atoms with Crippen LogP contribution in [-0.4, -0.2) is 33.6 Å². The Morgan fingerprint density at radius 1 is 1.30 bits per heavy atom. The van der Waals surface area contributed by atoms with Crippen LogP contribution in [0.3, 0.4) is 0 Å². The number of carbonyl (C=O) groups excluding carboxylic acids is 1. The van der Waals surface area contributed by atoms with Gasteiger partial charge in [0.2, 0.25) is 0 Å². The Balaban J connectivity index is 1.42. The lowest BCUT2D eigenvalue weighted by Gasteiger charge is -2.26. The number of rotatable bonds is 3. The molecular weight excluding hydrogens is 343 g/mol. The minimum absolute atomic E-state index is 0.130. The number of hydrogen-bond acceptors (Lipinski definition) is 2. The molecule has 3 aromatic rings. The lowest BCUT2D eigenvalue weighted by Crippen LogP contribution is -2.41. The quantitative estimate of drug-likeness (QED) is 0.770. The fourth-order valence-electron chi connectivity index (χ4n) is 3.50. The number of urea groups is 1. The van der Waals surface area contributed by atoms with E-state index in [0.29, 0.717) is 19.6 Å². The molecule has 0 atom stereocenters. The maximum atomic E-state index is 13.2. The summed E-state index contributed by atoms with van der Waals surface area (Å²) in [6.45, 7) is 1.52. The predicted octanol–water partition coefficient (Wildman–Crippen LogP) is 3.71. The van der Waals surface area contributed by atoms with Crippen molar-refractivity contribution in [1.29, 1.82) is 0 Å². The molecule has 27 heavy (non-hydrogen) atoms. The van der Waals surface area contributed by atoms with Gasteiger partial charge >= 0.3 is 6.03 Å². The molecule has 3 heterocycles. The first kappa shape index (κ1) is 17.3. The number of amides is 2. The molecule has 0 bridgehead atoms. The van der Waals surface area contributed by atoms with Crippen LogP contribution < -0.4 is 5.32 Å². The van der Waals surface area contributed by atoms with Crippen molar-refractivity contribution in [2.24, 2.45) is 7.05 Å². The number of benzene rings is 1. The van der Waals surface area contributed by atoms with Crippen molar-refractivity contribution in [3.63, 3.8) is 0 Å². The Kier molecular flexibility index (Phi) is 4.62. The first-order chi connectivity index (χ1) is 13.1. The molecule has 0 aliphatic carbocycles. The van der Waals surface area contributed by atoms with Gasteiger partial charge in [-0.05, 0) is 41.8 Å². The Bertz CT molecular complexity index is 1020. The highest BCUT2D eigenvalue weighted by Gasteiger charge is 2.20. The number of aromatic nitrogens is 2. The summed E-state index contributed by atoms with van der Waals surface area (Å²) < 4.78 is 15.3. The fraction of sp³-hybridized carbons (Fsp3) is 0.238. The number of nitrogens with zero attached hydrogens (tertiary/aromatic N) is 3. The monoisotopic (exact) mass is 364 g/mol. The van der Waals surface area contributed by atoms with E-state index in [4.69, 9.17) is 0 Å². The summed E-state index contributed by atoms with van der Waals surface area (Å²) in [5.41, 5.74) is 4.13. The molecule has 1 aromatic carbocycles. The molecule has 5 nitrogen and oxygen atoms in total. The van der Waals surface area contributed by atoms with Crippen LogP contribution in [0, 0.1) is 5.82 Å². The molecule has 1 N–H and O–H groups in total. The van der Waals surface area contributed by atoms with Gasteiger partial charge < -0.3 is 14.8 Å². The zero-order valence-electron chi connectivity index (χ0n) is 15.2. The van der Waals surface area contributed by atoms with Gasteiger partial charge in [-0.15, -0.1) is 0 Å². The van der Waals surface area contributed by atoms with Crippen molar-refractivity contribution in [3.8, 4) is 0 Å².